The Labute approximate surface area is 180 Å². The number of carbonyl (C=O) groups excluding carboxylic acids is 2. The van der Waals surface area contributed by atoms with Gasteiger partial charge < -0.3 is 14.3 Å². The lowest BCUT2D eigenvalue weighted by Crippen LogP contribution is -2.47. The Kier molecular flexibility index (Phi) is 5.59. The highest BCUT2D eigenvalue weighted by molar-refractivity contribution is 6.30. The van der Waals surface area contributed by atoms with E-state index in [-0.39, 0.29) is 29.7 Å². The van der Waals surface area contributed by atoms with Crippen molar-refractivity contribution in [2.24, 2.45) is 0 Å². The molecule has 3 aromatic rings. The Balaban J connectivity index is 1.80. The molecule has 4 rings (SSSR count). The Morgan fingerprint density at radius 3 is 2.57 bits per heavy atom. The number of para-hydroxylation sites is 1. The Hall–Kier alpha value is -3.12. The molecule has 0 radical (unpaired) electrons. The Morgan fingerprint density at radius 2 is 1.90 bits per heavy atom. The summed E-state index contributed by atoms with van der Waals surface area (Å²) in [4.78, 5) is 29.7. The molecule has 1 aliphatic heterocycles. The molecule has 0 saturated heterocycles. The number of benzene rings is 2. The molecule has 7 heteroatoms. The molecule has 0 unspecified atom stereocenters. The summed E-state index contributed by atoms with van der Waals surface area (Å²) < 4.78 is 5.10. The highest BCUT2D eigenvalue weighted by Crippen LogP contribution is 2.43. The third-order valence-electron chi connectivity index (χ3n) is 5.42. The van der Waals surface area contributed by atoms with Gasteiger partial charge in [-0.2, -0.15) is 0 Å². The number of amides is 2. The average molecular weight is 424 g/mol. The average Bonchev–Trinajstić information content (AvgIpc) is 3.30. The standard InChI is InChI=1S/C23H22ClN3O3/c1-3-22(28)27(17-10-8-16(24)9-11-17)20-14-15(2)26(19-7-5-4-6-18(19)20)23(29)21-12-13-25-30-21/h4-13,15,20H,3,14H2,1-2H3/t15-,20+/m0/s1. The number of anilines is 2. The predicted octanol–water partition coefficient (Wildman–Crippen LogP) is 5.25. The molecular formula is C23H22ClN3O3. The molecular weight excluding hydrogens is 402 g/mol. The van der Waals surface area contributed by atoms with Crippen molar-refractivity contribution in [2.75, 3.05) is 9.80 Å². The van der Waals surface area contributed by atoms with Crippen LogP contribution in [0.1, 0.15) is 48.8 Å². The van der Waals surface area contributed by atoms with E-state index < -0.39 is 0 Å². The van der Waals surface area contributed by atoms with Crippen molar-refractivity contribution in [1.82, 2.24) is 5.16 Å². The van der Waals surface area contributed by atoms with Crippen LogP contribution >= 0.6 is 11.6 Å². The number of hydrogen-bond donors (Lipinski definition) is 0. The van der Waals surface area contributed by atoms with E-state index in [9.17, 15) is 9.59 Å². The van der Waals surface area contributed by atoms with Crippen molar-refractivity contribution in [3.63, 3.8) is 0 Å². The van der Waals surface area contributed by atoms with Gasteiger partial charge in [-0.25, -0.2) is 0 Å². The Morgan fingerprint density at radius 1 is 1.17 bits per heavy atom. The zero-order valence-corrected chi connectivity index (χ0v) is 17.5. The van der Waals surface area contributed by atoms with Crippen LogP contribution in [-0.2, 0) is 4.79 Å². The number of halogens is 1. The molecule has 2 aromatic carbocycles. The highest BCUT2D eigenvalue weighted by atomic mass is 35.5. The molecule has 2 heterocycles. The van der Waals surface area contributed by atoms with Gasteiger partial charge in [0.1, 0.15) is 0 Å². The van der Waals surface area contributed by atoms with Gasteiger partial charge in [-0.15, -0.1) is 0 Å². The highest BCUT2D eigenvalue weighted by Gasteiger charge is 2.39. The molecule has 1 aromatic heterocycles. The van der Waals surface area contributed by atoms with Crippen LogP contribution in [0.2, 0.25) is 5.02 Å². The second-order valence-electron chi connectivity index (χ2n) is 7.30. The van der Waals surface area contributed by atoms with Gasteiger partial charge in [0.25, 0.3) is 5.91 Å². The maximum atomic E-state index is 13.1. The van der Waals surface area contributed by atoms with Gasteiger partial charge in [-0.3, -0.25) is 9.59 Å². The number of hydrogen-bond acceptors (Lipinski definition) is 4. The minimum atomic E-state index is -0.245. The normalized spacial score (nSPS) is 18.0. The molecule has 0 saturated carbocycles. The maximum absolute atomic E-state index is 13.1. The van der Waals surface area contributed by atoms with Crippen LogP contribution in [0.15, 0.2) is 65.3 Å². The van der Waals surface area contributed by atoms with Gasteiger partial charge in [0.2, 0.25) is 11.7 Å². The van der Waals surface area contributed by atoms with Crippen LogP contribution in [0.3, 0.4) is 0 Å². The molecule has 154 valence electrons. The van der Waals surface area contributed by atoms with Crippen molar-refractivity contribution in [2.45, 2.75) is 38.8 Å². The second-order valence-corrected chi connectivity index (χ2v) is 7.74. The van der Waals surface area contributed by atoms with Crippen LogP contribution < -0.4 is 9.80 Å². The fourth-order valence-electron chi connectivity index (χ4n) is 4.05. The lowest BCUT2D eigenvalue weighted by molar-refractivity contribution is -0.118. The van der Waals surface area contributed by atoms with Crippen molar-refractivity contribution in [3.05, 3.63) is 77.1 Å². The first-order chi connectivity index (χ1) is 14.5. The first-order valence-corrected chi connectivity index (χ1v) is 10.3. The van der Waals surface area contributed by atoms with E-state index in [0.29, 0.717) is 17.9 Å². The van der Waals surface area contributed by atoms with Crippen molar-refractivity contribution >= 4 is 34.8 Å². The fraction of sp³-hybridized carbons (Fsp3) is 0.261. The monoisotopic (exact) mass is 423 g/mol. The molecule has 30 heavy (non-hydrogen) atoms. The van der Waals surface area contributed by atoms with Gasteiger partial charge in [-0.1, -0.05) is 41.9 Å². The van der Waals surface area contributed by atoms with E-state index in [1.807, 2.05) is 55.1 Å². The van der Waals surface area contributed by atoms with Gasteiger partial charge in [0, 0.05) is 34.9 Å². The molecule has 0 aliphatic carbocycles. The maximum Gasteiger partial charge on any atom is 0.297 e. The van der Waals surface area contributed by atoms with Crippen molar-refractivity contribution in [1.29, 1.82) is 0 Å². The van der Waals surface area contributed by atoms with Crippen molar-refractivity contribution < 1.29 is 14.1 Å². The number of nitrogens with zero attached hydrogens (tertiary/aromatic N) is 3. The van der Waals surface area contributed by atoms with Crippen LogP contribution in [0.4, 0.5) is 11.4 Å². The largest absolute Gasteiger partial charge is 0.351 e. The lowest BCUT2D eigenvalue weighted by atomic mass is 9.89. The summed E-state index contributed by atoms with van der Waals surface area (Å²) in [6.45, 7) is 3.83. The smallest absolute Gasteiger partial charge is 0.297 e. The van der Waals surface area contributed by atoms with E-state index in [4.69, 9.17) is 16.1 Å². The summed E-state index contributed by atoms with van der Waals surface area (Å²) in [5, 5.41) is 4.27. The second kappa shape index (κ2) is 8.32. The molecule has 0 fully saturated rings. The van der Waals surface area contributed by atoms with Crippen molar-refractivity contribution in [3.8, 4) is 0 Å². The summed E-state index contributed by atoms with van der Waals surface area (Å²) in [7, 11) is 0. The van der Waals surface area contributed by atoms with Crippen LogP contribution in [0, 0.1) is 0 Å². The van der Waals surface area contributed by atoms with Gasteiger partial charge in [0.15, 0.2) is 0 Å². The number of rotatable bonds is 4. The zero-order chi connectivity index (χ0) is 21.3. The molecule has 6 nitrogen and oxygen atoms in total. The number of carbonyl (C=O) groups is 2. The third-order valence-corrected chi connectivity index (χ3v) is 5.67. The summed E-state index contributed by atoms with van der Waals surface area (Å²) in [5.41, 5.74) is 2.47. The molecule has 2 atom stereocenters. The molecule has 2 amide bonds. The fourth-order valence-corrected chi connectivity index (χ4v) is 4.18. The van der Waals surface area contributed by atoms with Crippen LogP contribution in [-0.4, -0.2) is 23.0 Å². The summed E-state index contributed by atoms with van der Waals surface area (Å²) in [6, 6.07) is 16.2. The minimum absolute atomic E-state index is 0.0133. The minimum Gasteiger partial charge on any atom is -0.351 e. The number of fused-ring (bicyclic) bond motifs is 1. The molecule has 0 bridgehead atoms. The van der Waals surface area contributed by atoms with Gasteiger partial charge >= 0.3 is 0 Å². The number of aromatic nitrogens is 1. The zero-order valence-electron chi connectivity index (χ0n) is 16.8. The van der Waals surface area contributed by atoms with Crippen LogP contribution in [0.5, 0.6) is 0 Å². The van der Waals surface area contributed by atoms with E-state index in [2.05, 4.69) is 5.16 Å². The quantitative estimate of drug-likeness (QED) is 0.574. The Bertz CT molecular complexity index is 1050. The topological polar surface area (TPSA) is 66.7 Å². The van der Waals surface area contributed by atoms with Gasteiger partial charge in [0.05, 0.1) is 12.2 Å². The van der Waals surface area contributed by atoms with Crippen LogP contribution in [0.25, 0.3) is 0 Å². The summed E-state index contributed by atoms with van der Waals surface area (Å²) in [5.74, 6) is -0.0422. The SMILES string of the molecule is CCC(=O)N(c1ccc(Cl)cc1)[C@@H]1C[C@H](C)N(C(=O)c2ccno2)c2ccccc21. The first kappa shape index (κ1) is 20.2. The third kappa shape index (κ3) is 3.59. The summed E-state index contributed by atoms with van der Waals surface area (Å²) >= 11 is 6.06. The lowest BCUT2D eigenvalue weighted by Gasteiger charge is -2.43. The predicted molar refractivity (Wildman–Crippen MR) is 116 cm³/mol. The first-order valence-electron chi connectivity index (χ1n) is 9.92. The van der Waals surface area contributed by atoms with E-state index in [1.165, 1.54) is 6.20 Å². The van der Waals surface area contributed by atoms with E-state index >= 15 is 0 Å². The molecule has 1 aliphatic rings. The van der Waals surface area contributed by atoms with E-state index in [0.717, 1.165) is 16.9 Å². The molecule has 0 N–H and O–H groups in total. The van der Waals surface area contributed by atoms with Gasteiger partial charge in [-0.05, 0) is 49.2 Å². The molecule has 0 spiro atoms. The summed E-state index contributed by atoms with van der Waals surface area (Å²) in [6.07, 6.45) is 2.42. The van der Waals surface area contributed by atoms with E-state index in [1.54, 1.807) is 23.1 Å².